The molecule has 19 heavy (non-hydrogen) atoms. The van der Waals surface area contributed by atoms with Gasteiger partial charge in [0.1, 0.15) is 0 Å². The zero-order valence-electron chi connectivity index (χ0n) is 11.1. The van der Waals surface area contributed by atoms with E-state index in [2.05, 4.69) is 34.4 Å². The molecule has 106 valence electrons. The third kappa shape index (κ3) is 4.14. The van der Waals surface area contributed by atoms with Crippen LogP contribution in [0.5, 0.6) is 0 Å². The largest absolute Gasteiger partial charge is 0.334 e. The first-order valence-corrected chi connectivity index (χ1v) is 7.29. The highest BCUT2D eigenvalue weighted by molar-refractivity contribution is 7.14. The lowest BCUT2D eigenvalue weighted by Gasteiger charge is -2.35. The standard InChI is InChI=1S/C12H19FN4OS/c1-8(2)17-5-3-4-9(7-17)15-11(18)16-12-14-6-10(13)19-12/h6,8-9H,3-5,7H2,1-2H3,(H2,14,15,16,18)/t9-/m1/s1. The average Bonchev–Trinajstić information content (AvgIpc) is 2.74. The molecule has 2 N–H and O–H groups in total. The molecule has 0 unspecified atom stereocenters. The number of carbonyl (C=O) groups is 1. The summed E-state index contributed by atoms with van der Waals surface area (Å²) in [6.07, 6.45) is 3.15. The Morgan fingerprint density at radius 2 is 2.42 bits per heavy atom. The van der Waals surface area contributed by atoms with Crippen LogP contribution in [-0.2, 0) is 0 Å². The Labute approximate surface area is 116 Å². The Morgan fingerprint density at radius 1 is 1.63 bits per heavy atom. The summed E-state index contributed by atoms with van der Waals surface area (Å²) >= 11 is 0.823. The van der Waals surface area contributed by atoms with Gasteiger partial charge in [-0.05, 0) is 33.2 Å². The van der Waals surface area contributed by atoms with Crippen LogP contribution in [0.2, 0.25) is 0 Å². The number of aromatic nitrogens is 1. The van der Waals surface area contributed by atoms with Crippen molar-refractivity contribution in [2.24, 2.45) is 0 Å². The van der Waals surface area contributed by atoms with E-state index in [1.165, 1.54) is 0 Å². The Kier molecular flexibility index (Phi) is 4.71. The number of anilines is 1. The number of hydrogen-bond donors (Lipinski definition) is 2. The first-order chi connectivity index (χ1) is 9.04. The van der Waals surface area contributed by atoms with Gasteiger partial charge in [-0.2, -0.15) is 4.39 Å². The van der Waals surface area contributed by atoms with Crippen molar-refractivity contribution in [3.05, 3.63) is 11.3 Å². The summed E-state index contributed by atoms with van der Waals surface area (Å²) in [5, 5.41) is 5.35. The van der Waals surface area contributed by atoms with Gasteiger partial charge >= 0.3 is 6.03 Å². The second-order valence-electron chi connectivity index (χ2n) is 5.00. The van der Waals surface area contributed by atoms with E-state index >= 15 is 0 Å². The predicted molar refractivity (Wildman–Crippen MR) is 74.0 cm³/mol. The third-order valence-electron chi connectivity index (χ3n) is 3.22. The van der Waals surface area contributed by atoms with E-state index in [-0.39, 0.29) is 17.2 Å². The SMILES string of the molecule is CC(C)N1CCC[C@@H](NC(=O)Nc2ncc(F)s2)C1. The summed E-state index contributed by atoms with van der Waals surface area (Å²) in [7, 11) is 0. The van der Waals surface area contributed by atoms with E-state index in [4.69, 9.17) is 0 Å². The van der Waals surface area contributed by atoms with E-state index in [1.807, 2.05) is 0 Å². The highest BCUT2D eigenvalue weighted by Crippen LogP contribution is 2.16. The Balaban J connectivity index is 1.81. The van der Waals surface area contributed by atoms with Gasteiger partial charge in [0.25, 0.3) is 0 Å². The van der Waals surface area contributed by atoms with Crippen LogP contribution in [0.4, 0.5) is 14.3 Å². The van der Waals surface area contributed by atoms with E-state index < -0.39 is 5.13 Å². The highest BCUT2D eigenvalue weighted by Gasteiger charge is 2.23. The molecule has 1 aliphatic heterocycles. The van der Waals surface area contributed by atoms with Crippen LogP contribution in [0.15, 0.2) is 6.20 Å². The van der Waals surface area contributed by atoms with Crippen LogP contribution in [0.3, 0.4) is 0 Å². The van der Waals surface area contributed by atoms with Crippen molar-refractivity contribution in [3.63, 3.8) is 0 Å². The fourth-order valence-corrected chi connectivity index (χ4v) is 2.76. The fourth-order valence-electron chi connectivity index (χ4n) is 2.22. The second-order valence-corrected chi connectivity index (χ2v) is 5.98. The van der Waals surface area contributed by atoms with Crippen LogP contribution >= 0.6 is 11.3 Å². The fraction of sp³-hybridized carbons (Fsp3) is 0.667. The molecule has 2 heterocycles. The smallest absolute Gasteiger partial charge is 0.321 e. The van der Waals surface area contributed by atoms with Gasteiger partial charge in [0.15, 0.2) is 10.3 Å². The molecular formula is C12H19FN4OS. The molecule has 0 bridgehead atoms. The molecule has 0 saturated carbocycles. The summed E-state index contributed by atoms with van der Waals surface area (Å²) in [5.74, 6) is 0. The monoisotopic (exact) mass is 286 g/mol. The summed E-state index contributed by atoms with van der Waals surface area (Å²) in [6.45, 7) is 6.24. The molecule has 1 aromatic heterocycles. The van der Waals surface area contributed by atoms with E-state index in [0.29, 0.717) is 6.04 Å². The zero-order valence-corrected chi connectivity index (χ0v) is 12.0. The summed E-state index contributed by atoms with van der Waals surface area (Å²) in [5.41, 5.74) is 0. The van der Waals surface area contributed by atoms with E-state index in [1.54, 1.807) is 0 Å². The quantitative estimate of drug-likeness (QED) is 0.896. The molecule has 1 atom stereocenters. The van der Waals surface area contributed by atoms with E-state index in [0.717, 1.165) is 43.5 Å². The van der Waals surface area contributed by atoms with Crippen LogP contribution in [-0.4, -0.2) is 41.1 Å². The second kappa shape index (κ2) is 6.29. The maximum atomic E-state index is 12.8. The molecule has 2 rings (SSSR count). The van der Waals surface area contributed by atoms with Crippen LogP contribution < -0.4 is 10.6 Å². The maximum absolute atomic E-state index is 12.8. The number of amides is 2. The number of nitrogens with zero attached hydrogens (tertiary/aromatic N) is 2. The van der Waals surface area contributed by atoms with Gasteiger partial charge in [-0.1, -0.05) is 11.3 Å². The molecule has 1 aromatic rings. The number of halogens is 1. The maximum Gasteiger partial charge on any atom is 0.321 e. The van der Waals surface area contributed by atoms with Gasteiger partial charge in [-0.15, -0.1) is 0 Å². The number of urea groups is 1. The molecule has 0 spiro atoms. The number of hydrogen-bond acceptors (Lipinski definition) is 4. The normalized spacial score (nSPS) is 20.5. The van der Waals surface area contributed by atoms with Crippen molar-refractivity contribution in [1.82, 2.24) is 15.2 Å². The van der Waals surface area contributed by atoms with Gasteiger partial charge in [0, 0.05) is 18.6 Å². The highest BCUT2D eigenvalue weighted by atomic mass is 32.1. The van der Waals surface area contributed by atoms with Crippen molar-refractivity contribution in [2.75, 3.05) is 18.4 Å². The molecule has 0 aliphatic carbocycles. The van der Waals surface area contributed by atoms with Crippen molar-refractivity contribution in [2.45, 2.75) is 38.8 Å². The van der Waals surface area contributed by atoms with Crippen LogP contribution in [0, 0.1) is 5.13 Å². The first-order valence-electron chi connectivity index (χ1n) is 6.47. The number of likely N-dealkylation sites (tertiary alicyclic amines) is 1. The average molecular weight is 286 g/mol. The van der Waals surface area contributed by atoms with Gasteiger partial charge < -0.3 is 5.32 Å². The minimum absolute atomic E-state index is 0.140. The molecule has 0 radical (unpaired) electrons. The van der Waals surface area contributed by atoms with Gasteiger partial charge in [0.05, 0.1) is 6.20 Å². The molecule has 1 fully saturated rings. The molecule has 1 aliphatic rings. The first kappa shape index (κ1) is 14.2. The Morgan fingerprint density at radius 3 is 3.05 bits per heavy atom. The summed E-state index contributed by atoms with van der Waals surface area (Å²) in [6, 6.07) is 0.312. The molecule has 5 nitrogen and oxygen atoms in total. The lowest BCUT2D eigenvalue weighted by atomic mass is 10.0. The summed E-state index contributed by atoms with van der Waals surface area (Å²) < 4.78 is 12.8. The molecule has 2 amide bonds. The third-order valence-corrected chi connectivity index (χ3v) is 3.92. The van der Waals surface area contributed by atoms with Gasteiger partial charge in [-0.3, -0.25) is 10.2 Å². The minimum Gasteiger partial charge on any atom is -0.334 e. The van der Waals surface area contributed by atoms with Gasteiger partial charge in [-0.25, -0.2) is 9.78 Å². The lowest BCUT2D eigenvalue weighted by molar-refractivity contribution is 0.156. The van der Waals surface area contributed by atoms with Crippen molar-refractivity contribution < 1.29 is 9.18 Å². The molecule has 7 heteroatoms. The number of piperidine rings is 1. The number of thiazole rings is 1. The van der Waals surface area contributed by atoms with Crippen molar-refractivity contribution >= 4 is 22.5 Å². The summed E-state index contributed by atoms with van der Waals surface area (Å²) in [4.78, 5) is 17.9. The number of rotatable bonds is 3. The minimum atomic E-state index is -0.404. The van der Waals surface area contributed by atoms with E-state index in [9.17, 15) is 9.18 Å². The Hall–Kier alpha value is -1.21. The van der Waals surface area contributed by atoms with Crippen molar-refractivity contribution in [1.29, 1.82) is 0 Å². The number of carbonyl (C=O) groups excluding carboxylic acids is 1. The van der Waals surface area contributed by atoms with Gasteiger partial charge in [0.2, 0.25) is 0 Å². The van der Waals surface area contributed by atoms with Crippen molar-refractivity contribution in [3.8, 4) is 0 Å². The molecule has 0 aromatic carbocycles. The van der Waals surface area contributed by atoms with Crippen LogP contribution in [0.25, 0.3) is 0 Å². The number of nitrogens with one attached hydrogen (secondary N) is 2. The van der Waals surface area contributed by atoms with Crippen LogP contribution in [0.1, 0.15) is 26.7 Å². The molecule has 1 saturated heterocycles. The Bertz CT molecular complexity index is 437. The lowest BCUT2D eigenvalue weighted by Crippen LogP contribution is -2.50. The molecular weight excluding hydrogens is 267 g/mol. The zero-order chi connectivity index (χ0) is 13.8. The topological polar surface area (TPSA) is 57.3 Å². The predicted octanol–water partition coefficient (Wildman–Crippen LogP) is 2.28.